The summed E-state index contributed by atoms with van der Waals surface area (Å²) in [7, 11) is 0. The van der Waals surface area contributed by atoms with Gasteiger partial charge in [0, 0.05) is 0 Å². The molecule has 0 aromatic heterocycles. The van der Waals surface area contributed by atoms with E-state index in [4.69, 9.17) is 0 Å². The highest BCUT2D eigenvalue weighted by molar-refractivity contribution is 5.77. The van der Waals surface area contributed by atoms with E-state index in [1.54, 1.807) is 0 Å². The number of allylic oxidation sites excluding steroid dienone is 7. The Morgan fingerprint density at radius 3 is 2.31 bits per heavy atom. The minimum Gasteiger partial charge on any atom is -0.302 e. The molecule has 35 heavy (non-hydrogen) atoms. The third-order valence-corrected chi connectivity index (χ3v) is 8.02. The van der Waals surface area contributed by atoms with E-state index >= 15 is 0 Å². The molecule has 192 valence electrons. The smallest absolute Gasteiger partial charge is 0.133 e. The highest BCUT2D eigenvalue weighted by Gasteiger charge is 2.23. The summed E-state index contributed by atoms with van der Waals surface area (Å²) in [5, 5.41) is 0. The molecule has 2 heteroatoms. The lowest BCUT2D eigenvalue weighted by atomic mass is 9.80. The first kappa shape index (κ1) is 29.0. The fourth-order valence-corrected chi connectivity index (χ4v) is 5.33. The lowest BCUT2D eigenvalue weighted by Gasteiger charge is -2.31. The Kier molecular flexibility index (Phi) is 11.4. The first-order valence-electron chi connectivity index (χ1n) is 13.7. The molecule has 1 aromatic rings. The van der Waals surface area contributed by atoms with Crippen molar-refractivity contribution in [2.45, 2.75) is 87.0 Å². The molecule has 1 saturated heterocycles. The quantitative estimate of drug-likeness (QED) is 0.236. The standard InChI is InChI=1S/C33H49NO/c1-10-24(6)27(9)21-31(25(7)11-2)30(12-3)33(23(4)5)32-22-29(14-13-26(32)8)28-15-17-34(18-16-28)19-20-35/h11,13-14,20-24,28H,2,10,12,15-19H2,1,3-9H3/b27-21-,31-25+,33-30+. The van der Waals surface area contributed by atoms with Crippen LogP contribution >= 0.6 is 0 Å². The van der Waals surface area contributed by atoms with E-state index in [1.807, 2.05) is 6.08 Å². The van der Waals surface area contributed by atoms with E-state index in [9.17, 15) is 4.79 Å². The van der Waals surface area contributed by atoms with Gasteiger partial charge in [0.1, 0.15) is 6.29 Å². The second kappa shape index (κ2) is 13.8. The lowest BCUT2D eigenvalue weighted by Crippen LogP contribution is -2.34. The number of aldehydes is 1. The van der Waals surface area contributed by atoms with E-state index in [2.05, 4.69) is 91.1 Å². The summed E-state index contributed by atoms with van der Waals surface area (Å²) in [5.74, 6) is 1.55. The van der Waals surface area contributed by atoms with Gasteiger partial charge in [0.15, 0.2) is 0 Å². The molecule has 0 bridgehead atoms. The summed E-state index contributed by atoms with van der Waals surface area (Å²) < 4.78 is 0. The number of hydrogen-bond acceptors (Lipinski definition) is 2. The van der Waals surface area contributed by atoms with Crippen LogP contribution < -0.4 is 0 Å². The van der Waals surface area contributed by atoms with Gasteiger partial charge in [0.2, 0.25) is 0 Å². The van der Waals surface area contributed by atoms with Crippen molar-refractivity contribution in [3.8, 4) is 0 Å². The Bertz CT molecular complexity index is 967. The van der Waals surface area contributed by atoms with Gasteiger partial charge >= 0.3 is 0 Å². The number of benzene rings is 1. The number of likely N-dealkylation sites (tertiary alicyclic amines) is 1. The molecule has 0 N–H and O–H groups in total. The Morgan fingerprint density at radius 1 is 1.14 bits per heavy atom. The third-order valence-electron chi connectivity index (χ3n) is 8.02. The van der Waals surface area contributed by atoms with Crippen LogP contribution in [0, 0.1) is 18.8 Å². The number of nitrogens with zero attached hydrogens (tertiary/aromatic N) is 1. The van der Waals surface area contributed by atoms with Crippen LogP contribution in [0.15, 0.2) is 59.2 Å². The van der Waals surface area contributed by atoms with Gasteiger partial charge in [-0.25, -0.2) is 0 Å². The fourth-order valence-electron chi connectivity index (χ4n) is 5.33. The molecule has 0 aliphatic carbocycles. The first-order chi connectivity index (χ1) is 16.7. The topological polar surface area (TPSA) is 20.3 Å². The Hall–Kier alpha value is -2.19. The summed E-state index contributed by atoms with van der Waals surface area (Å²) in [6, 6.07) is 7.13. The van der Waals surface area contributed by atoms with Crippen molar-refractivity contribution in [2.75, 3.05) is 19.6 Å². The van der Waals surface area contributed by atoms with Gasteiger partial charge in [-0.2, -0.15) is 0 Å². The molecule has 1 aliphatic rings. The molecule has 1 atom stereocenters. The number of carbonyl (C=O) groups is 1. The van der Waals surface area contributed by atoms with Crippen molar-refractivity contribution in [1.29, 1.82) is 0 Å². The average Bonchev–Trinajstić information content (AvgIpc) is 2.86. The molecule has 1 unspecified atom stereocenters. The van der Waals surface area contributed by atoms with Crippen LogP contribution in [-0.2, 0) is 4.79 Å². The lowest BCUT2D eigenvalue weighted by molar-refractivity contribution is -0.109. The van der Waals surface area contributed by atoms with Gasteiger partial charge in [0.05, 0.1) is 6.54 Å². The van der Waals surface area contributed by atoms with Crippen LogP contribution in [0.25, 0.3) is 5.57 Å². The number of piperidine rings is 1. The van der Waals surface area contributed by atoms with Gasteiger partial charge in [-0.05, 0) is 116 Å². The number of aryl methyl sites for hydroxylation is 1. The predicted molar refractivity (Wildman–Crippen MR) is 154 cm³/mol. The fraction of sp³-hybridized carbons (Fsp3) is 0.545. The Labute approximate surface area is 215 Å². The molecule has 1 aliphatic heterocycles. The molecule has 0 saturated carbocycles. The van der Waals surface area contributed by atoms with E-state index in [-0.39, 0.29) is 0 Å². The second-order valence-electron chi connectivity index (χ2n) is 10.7. The number of carbonyl (C=O) groups excluding carboxylic acids is 1. The van der Waals surface area contributed by atoms with Crippen molar-refractivity contribution in [1.82, 2.24) is 4.90 Å². The SMILES string of the molecule is C=C/C(C)=C(\C=C(\C)C(C)CC)C(/CC)=C(/c1cc(C2CCN(CC=O)CC2)ccc1C)C(C)C. The zero-order chi connectivity index (χ0) is 26.1. The maximum atomic E-state index is 10.9. The highest BCUT2D eigenvalue weighted by Crippen LogP contribution is 2.39. The van der Waals surface area contributed by atoms with Crippen molar-refractivity contribution in [2.24, 2.45) is 11.8 Å². The predicted octanol–water partition coefficient (Wildman–Crippen LogP) is 8.69. The molecule has 0 spiro atoms. The second-order valence-corrected chi connectivity index (χ2v) is 10.7. The summed E-state index contributed by atoms with van der Waals surface area (Å²) in [4.78, 5) is 13.2. The van der Waals surface area contributed by atoms with Gasteiger partial charge in [-0.3, -0.25) is 4.90 Å². The van der Waals surface area contributed by atoms with Gasteiger partial charge in [0.25, 0.3) is 0 Å². The molecule has 0 amide bonds. The van der Waals surface area contributed by atoms with E-state index < -0.39 is 0 Å². The third kappa shape index (κ3) is 7.40. The zero-order valence-corrected chi connectivity index (χ0v) is 23.7. The van der Waals surface area contributed by atoms with Crippen LogP contribution in [0.5, 0.6) is 0 Å². The number of hydrogen-bond donors (Lipinski definition) is 0. The van der Waals surface area contributed by atoms with Crippen LogP contribution in [0.2, 0.25) is 0 Å². The van der Waals surface area contributed by atoms with Crippen LogP contribution in [-0.4, -0.2) is 30.8 Å². The van der Waals surface area contributed by atoms with Crippen molar-refractivity contribution in [3.63, 3.8) is 0 Å². The molecule has 1 fully saturated rings. The molecule has 2 nitrogen and oxygen atoms in total. The molecule has 2 rings (SSSR count). The summed E-state index contributed by atoms with van der Waals surface area (Å²) >= 11 is 0. The van der Waals surface area contributed by atoms with E-state index in [0.29, 0.717) is 24.3 Å². The zero-order valence-electron chi connectivity index (χ0n) is 23.7. The Balaban J connectivity index is 2.64. The first-order valence-corrected chi connectivity index (χ1v) is 13.7. The molecule has 1 heterocycles. The van der Waals surface area contributed by atoms with Crippen molar-refractivity contribution in [3.05, 3.63) is 75.9 Å². The van der Waals surface area contributed by atoms with E-state index in [1.165, 1.54) is 44.6 Å². The maximum absolute atomic E-state index is 10.9. The number of rotatable bonds is 11. The summed E-state index contributed by atoms with van der Waals surface area (Å²) in [6.07, 6.45) is 9.85. The molecular weight excluding hydrogens is 426 g/mol. The van der Waals surface area contributed by atoms with Gasteiger partial charge in [-0.1, -0.05) is 77.1 Å². The van der Waals surface area contributed by atoms with Gasteiger partial charge in [-0.15, -0.1) is 0 Å². The average molecular weight is 476 g/mol. The molecule has 1 aromatic carbocycles. The summed E-state index contributed by atoms with van der Waals surface area (Å²) in [6.45, 7) is 25.0. The van der Waals surface area contributed by atoms with E-state index in [0.717, 1.165) is 45.1 Å². The minimum atomic E-state index is 0.415. The van der Waals surface area contributed by atoms with Crippen LogP contribution in [0.3, 0.4) is 0 Å². The highest BCUT2D eigenvalue weighted by atomic mass is 16.1. The maximum Gasteiger partial charge on any atom is 0.133 e. The van der Waals surface area contributed by atoms with Crippen LogP contribution in [0.4, 0.5) is 0 Å². The molecular formula is C33H49NO. The molecule has 0 radical (unpaired) electrons. The normalized spacial score (nSPS) is 18.3. The monoisotopic (exact) mass is 475 g/mol. The largest absolute Gasteiger partial charge is 0.302 e. The Morgan fingerprint density at radius 2 is 1.80 bits per heavy atom. The van der Waals surface area contributed by atoms with Crippen molar-refractivity contribution < 1.29 is 4.79 Å². The van der Waals surface area contributed by atoms with Crippen LogP contribution in [0.1, 0.15) is 96.8 Å². The minimum absolute atomic E-state index is 0.415. The van der Waals surface area contributed by atoms with Gasteiger partial charge < -0.3 is 4.79 Å². The van der Waals surface area contributed by atoms with Crippen molar-refractivity contribution >= 4 is 11.9 Å². The summed E-state index contributed by atoms with van der Waals surface area (Å²) in [5.41, 5.74) is 11.1.